The van der Waals surface area contributed by atoms with Crippen molar-refractivity contribution in [3.8, 4) is 0 Å². The normalized spacial score (nSPS) is 14.5. The summed E-state index contributed by atoms with van der Waals surface area (Å²) in [5, 5.41) is 17.2. The molecule has 0 aliphatic carbocycles. The fraction of sp³-hybridized carbons (Fsp3) is 0.714. The van der Waals surface area contributed by atoms with E-state index in [4.69, 9.17) is 0 Å². The third-order valence-corrected chi connectivity index (χ3v) is 2.22. The highest BCUT2D eigenvalue weighted by molar-refractivity contribution is 7.84. The quantitative estimate of drug-likeness (QED) is 0.738. The molecule has 74 valence electrons. The molecular formula is C7H13N3O2S. The summed E-state index contributed by atoms with van der Waals surface area (Å²) in [6.45, 7) is 3.69. The number of hydrogen-bond acceptors (Lipinski definition) is 4. The molecule has 1 atom stereocenters. The van der Waals surface area contributed by atoms with Crippen LogP contribution in [0, 0.1) is 0 Å². The molecule has 1 aromatic rings. The molecule has 0 amide bonds. The smallest absolute Gasteiger partial charge is 0.221 e. The van der Waals surface area contributed by atoms with Crippen LogP contribution in [0.25, 0.3) is 0 Å². The van der Waals surface area contributed by atoms with Gasteiger partial charge in [0.05, 0.1) is 22.9 Å². The van der Waals surface area contributed by atoms with Crippen LogP contribution >= 0.6 is 0 Å². The molecule has 13 heavy (non-hydrogen) atoms. The van der Waals surface area contributed by atoms with E-state index in [0.29, 0.717) is 11.7 Å². The summed E-state index contributed by atoms with van der Waals surface area (Å²) in [5.41, 5.74) is -0.851. The first-order valence-electron chi connectivity index (χ1n) is 3.84. The highest BCUT2D eigenvalue weighted by atomic mass is 32.2. The topological polar surface area (TPSA) is 68.0 Å². The average Bonchev–Trinajstić information content (AvgIpc) is 2.31. The summed E-state index contributed by atoms with van der Waals surface area (Å²) in [5.74, 6) is 0. The van der Waals surface area contributed by atoms with Crippen LogP contribution in [-0.2, 0) is 17.3 Å². The van der Waals surface area contributed by atoms with Crippen molar-refractivity contribution in [1.29, 1.82) is 0 Å². The highest BCUT2D eigenvalue weighted by Crippen LogP contribution is 2.08. The van der Waals surface area contributed by atoms with Crippen LogP contribution in [0.3, 0.4) is 0 Å². The van der Waals surface area contributed by atoms with E-state index in [1.807, 2.05) is 0 Å². The fourth-order valence-corrected chi connectivity index (χ4v) is 1.60. The van der Waals surface area contributed by atoms with Gasteiger partial charge in [-0.25, -0.2) is 0 Å². The molecule has 0 bridgehead atoms. The van der Waals surface area contributed by atoms with Gasteiger partial charge in [0.2, 0.25) is 5.16 Å². The van der Waals surface area contributed by atoms with Gasteiger partial charge in [-0.3, -0.25) is 4.21 Å². The molecule has 0 aliphatic rings. The van der Waals surface area contributed by atoms with E-state index >= 15 is 0 Å². The van der Waals surface area contributed by atoms with Crippen LogP contribution in [0.1, 0.15) is 13.8 Å². The zero-order valence-corrected chi connectivity index (χ0v) is 8.71. The summed E-state index contributed by atoms with van der Waals surface area (Å²) >= 11 is 0. The van der Waals surface area contributed by atoms with Gasteiger partial charge in [0.25, 0.3) is 0 Å². The molecule has 0 saturated carbocycles. The molecule has 1 heterocycles. The Bertz CT molecular complexity index is 316. The maximum atomic E-state index is 11.1. The second-order valence-corrected chi connectivity index (χ2v) is 4.78. The Balaban J connectivity index is 2.89. The Kier molecular flexibility index (Phi) is 2.82. The van der Waals surface area contributed by atoms with Gasteiger partial charge >= 0.3 is 0 Å². The van der Waals surface area contributed by atoms with Gasteiger partial charge in [-0.15, -0.1) is 10.2 Å². The van der Waals surface area contributed by atoms with Gasteiger partial charge in [-0.1, -0.05) is 0 Å². The molecule has 1 N–H and O–H groups in total. The molecule has 1 rings (SSSR count). The lowest BCUT2D eigenvalue weighted by Gasteiger charge is -2.17. The Morgan fingerprint density at radius 1 is 1.69 bits per heavy atom. The first-order chi connectivity index (χ1) is 5.90. The van der Waals surface area contributed by atoms with Crippen molar-refractivity contribution in [2.45, 2.75) is 31.1 Å². The standard InChI is InChI=1S/C7H13N3O2S/c1-7(2,11)4-10-5-8-9-6(10)13(3)12/h5,11H,4H2,1-3H3. The van der Waals surface area contributed by atoms with Crippen molar-refractivity contribution < 1.29 is 9.32 Å². The van der Waals surface area contributed by atoms with E-state index in [2.05, 4.69) is 10.2 Å². The van der Waals surface area contributed by atoms with Crippen molar-refractivity contribution in [3.63, 3.8) is 0 Å². The molecule has 0 spiro atoms. The molecule has 1 aromatic heterocycles. The van der Waals surface area contributed by atoms with E-state index in [0.717, 1.165) is 0 Å². The lowest BCUT2D eigenvalue weighted by molar-refractivity contribution is 0.0588. The minimum Gasteiger partial charge on any atom is -0.389 e. The van der Waals surface area contributed by atoms with E-state index in [9.17, 15) is 9.32 Å². The molecule has 6 heteroatoms. The first kappa shape index (κ1) is 10.3. The summed E-state index contributed by atoms with van der Waals surface area (Å²) in [7, 11) is -1.17. The number of rotatable bonds is 3. The zero-order chi connectivity index (χ0) is 10.1. The minimum atomic E-state index is -1.17. The van der Waals surface area contributed by atoms with Gasteiger partial charge in [0.1, 0.15) is 6.33 Å². The van der Waals surface area contributed by atoms with Crippen LogP contribution in [0.5, 0.6) is 0 Å². The third kappa shape index (κ3) is 2.89. The molecule has 0 saturated heterocycles. The van der Waals surface area contributed by atoms with Crippen LogP contribution < -0.4 is 0 Å². The lowest BCUT2D eigenvalue weighted by Crippen LogP contribution is -2.26. The van der Waals surface area contributed by atoms with Crippen molar-refractivity contribution in [1.82, 2.24) is 14.8 Å². The lowest BCUT2D eigenvalue weighted by atomic mass is 10.1. The van der Waals surface area contributed by atoms with Gasteiger partial charge in [-0.05, 0) is 13.8 Å². The molecule has 0 aromatic carbocycles. The van der Waals surface area contributed by atoms with Crippen molar-refractivity contribution in [2.24, 2.45) is 0 Å². The maximum Gasteiger partial charge on any atom is 0.221 e. The largest absolute Gasteiger partial charge is 0.389 e. The molecule has 1 unspecified atom stereocenters. The second-order valence-electron chi connectivity index (χ2n) is 3.51. The van der Waals surface area contributed by atoms with E-state index in [-0.39, 0.29) is 0 Å². The van der Waals surface area contributed by atoms with Crippen molar-refractivity contribution in [3.05, 3.63) is 6.33 Å². The number of aromatic nitrogens is 3. The van der Waals surface area contributed by atoms with Crippen LogP contribution in [0.4, 0.5) is 0 Å². The minimum absolute atomic E-state index is 0.342. The molecule has 0 radical (unpaired) electrons. The SMILES string of the molecule is CS(=O)c1nncn1CC(C)(C)O. The number of nitrogens with zero attached hydrogens (tertiary/aromatic N) is 3. The summed E-state index contributed by atoms with van der Waals surface area (Å²) in [6, 6.07) is 0. The Labute approximate surface area is 79.3 Å². The molecule has 5 nitrogen and oxygen atoms in total. The fourth-order valence-electron chi connectivity index (χ4n) is 0.992. The zero-order valence-electron chi connectivity index (χ0n) is 7.89. The molecule has 0 aliphatic heterocycles. The summed E-state index contributed by atoms with van der Waals surface area (Å²) in [6.07, 6.45) is 3.00. The van der Waals surface area contributed by atoms with Crippen molar-refractivity contribution >= 4 is 10.8 Å². The highest BCUT2D eigenvalue weighted by Gasteiger charge is 2.17. The van der Waals surface area contributed by atoms with E-state index in [1.54, 1.807) is 18.4 Å². The van der Waals surface area contributed by atoms with Gasteiger partial charge < -0.3 is 9.67 Å². The monoisotopic (exact) mass is 203 g/mol. The van der Waals surface area contributed by atoms with E-state index < -0.39 is 16.4 Å². The summed E-state index contributed by atoms with van der Waals surface area (Å²) < 4.78 is 12.7. The Hall–Kier alpha value is -0.750. The van der Waals surface area contributed by atoms with Gasteiger partial charge in [-0.2, -0.15) is 0 Å². The average molecular weight is 203 g/mol. The van der Waals surface area contributed by atoms with Gasteiger partial charge in [0.15, 0.2) is 0 Å². The predicted octanol–water partition coefficient (Wildman–Crippen LogP) is -0.214. The third-order valence-electron chi connectivity index (χ3n) is 1.39. The van der Waals surface area contributed by atoms with Gasteiger partial charge in [0, 0.05) is 6.26 Å². The maximum absolute atomic E-state index is 11.1. The van der Waals surface area contributed by atoms with Crippen LogP contribution in [0.15, 0.2) is 11.5 Å². The number of hydrogen-bond donors (Lipinski definition) is 1. The molecule has 0 fully saturated rings. The first-order valence-corrected chi connectivity index (χ1v) is 5.39. The predicted molar refractivity (Wildman–Crippen MR) is 48.7 cm³/mol. The van der Waals surface area contributed by atoms with Crippen molar-refractivity contribution in [2.75, 3.05) is 6.26 Å². The second kappa shape index (κ2) is 3.55. The van der Waals surface area contributed by atoms with Crippen LogP contribution in [-0.4, -0.2) is 35.9 Å². The van der Waals surface area contributed by atoms with E-state index in [1.165, 1.54) is 12.6 Å². The van der Waals surface area contributed by atoms with Crippen LogP contribution in [0.2, 0.25) is 0 Å². The Morgan fingerprint density at radius 3 is 2.77 bits per heavy atom. The molecular weight excluding hydrogens is 190 g/mol. The Morgan fingerprint density at radius 2 is 2.31 bits per heavy atom. The summed E-state index contributed by atoms with van der Waals surface area (Å²) in [4.78, 5) is 0. The number of aliphatic hydroxyl groups is 1.